The average Bonchev–Trinajstić information content (AvgIpc) is 2.82. The number of hydrogen-bond donors (Lipinski definition) is 1. The molecule has 39 heavy (non-hydrogen) atoms. The van der Waals surface area contributed by atoms with E-state index in [0.717, 1.165) is 10.4 Å². The molecule has 1 aliphatic heterocycles. The molecule has 2 aromatic carbocycles. The summed E-state index contributed by atoms with van der Waals surface area (Å²) in [4.78, 5) is 12.2. The van der Waals surface area contributed by atoms with E-state index in [-0.39, 0.29) is 23.3 Å². The Morgan fingerprint density at radius 1 is 0.949 bits per heavy atom. The SMILES string of the molecule is CC(=O)O[C@@H]1CO[C@H](CO[Si](C)(C)C(C)(C)C)[C@](C)(O)[C@H]1O[Si](c1ccccc1)(c1ccccc1)C(C)(C)C. The first kappa shape index (κ1) is 31.7. The highest BCUT2D eigenvalue weighted by Crippen LogP contribution is 2.42. The number of ether oxygens (including phenoxy) is 2. The van der Waals surface area contributed by atoms with Crippen molar-refractivity contribution in [3.63, 3.8) is 0 Å². The van der Waals surface area contributed by atoms with E-state index in [1.807, 2.05) is 36.4 Å². The molecule has 3 rings (SSSR count). The maximum atomic E-state index is 12.2. The average molecular weight is 573 g/mol. The highest BCUT2D eigenvalue weighted by molar-refractivity contribution is 6.99. The predicted molar refractivity (Wildman–Crippen MR) is 162 cm³/mol. The highest BCUT2D eigenvalue weighted by Gasteiger charge is 2.59. The molecule has 1 fully saturated rings. The smallest absolute Gasteiger partial charge is 0.303 e. The maximum absolute atomic E-state index is 12.2. The molecular weight excluding hydrogens is 525 g/mol. The monoisotopic (exact) mass is 572 g/mol. The van der Waals surface area contributed by atoms with Crippen molar-refractivity contribution >= 4 is 33.0 Å². The Hall–Kier alpha value is -1.82. The summed E-state index contributed by atoms with van der Waals surface area (Å²) in [6, 6.07) is 20.5. The molecule has 1 saturated heterocycles. The first-order valence-corrected chi connectivity index (χ1v) is 18.7. The van der Waals surface area contributed by atoms with Gasteiger partial charge in [0.05, 0.1) is 13.2 Å². The van der Waals surface area contributed by atoms with Crippen molar-refractivity contribution in [2.24, 2.45) is 0 Å². The normalized spacial score (nSPS) is 24.8. The van der Waals surface area contributed by atoms with Crippen LogP contribution in [0.4, 0.5) is 0 Å². The van der Waals surface area contributed by atoms with E-state index in [4.69, 9.17) is 18.3 Å². The molecule has 8 heteroatoms. The number of esters is 1. The molecule has 0 saturated carbocycles. The summed E-state index contributed by atoms with van der Waals surface area (Å²) >= 11 is 0. The van der Waals surface area contributed by atoms with Crippen LogP contribution in [0.25, 0.3) is 0 Å². The lowest BCUT2D eigenvalue weighted by molar-refractivity contribution is -0.242. The third kappa shape index (κ3) is 6.58. The Labute approximate surface area is 237 Å². The number of carbonyl (C=O) groups is 1. The lowest BCUT2D eigenvalue weighted by atomic mass is 9.87. The van der Waals surface area contributed by atoms with Gasteiger partial charge in [-0.2, -0.15) is 0 Å². The van der Waals surface area contributed by atoms with Gasteiger partial charge in [-0.05, 0) is 40.5 Å². The summed E-state index contributed by atoms with van der Waals surface area (Å²) in [5.41, 5.74) is -1.49. The molecular formula is C31H48O6Si2. The molecule has 0 unspecified atom stereocenters. The van der Waals surface area contributed by atoms with Gasteiger partial charge in [0.2, 0.25) is 0 Å². The van der Waals surface area contributed by atoms with E-state index in [0.29, 0.717) is 0 Å². The molecule has 0 radical (unpaired) electrons. The van der Waals surface area contributed by atoms with Crippen LogP contribution in [0.2, 0.25) is 23.2 Å². The van der Waals surface area contributed by atoms with Crippen LogP contribution in [0, 0.1) is 0 Å². The van der Waals surface area contributed by atoms with Crippen molar-refractivity contribution in [2.75, 3.05) is 13.2 Å². The van der Waals surface area contributed by atoms with Crippen LogP contribution in [0.5, 0.6) is 0 Å². The van der Waals surface area contributed by atoms with E-state index in [1.54, 1.807) is 6.92 Å². The Morgan fingerprint density at radius 2 is 1.44 bits per heavy atom. The maximum Gasteiger partial charge on any atom is 0.303 e. The van der Waals surface area contributed by atoms with Gasteiger partial charge in [-0.3, -0.25) is 4.79 Å². The van der Waals surface area contributed by atoms with Crippen molar-refractivity contribution < 1.29 is 28.2 Å². The number of aliphatic hydroxyl groups is 1. The van der Waals surface area contributed by atoms with Gasteiger partial charge in [-0.15, -0.1) is 0 Å². The molecule has 2 aromatic rings. The molecule has 0 spiro atoms. The molecule has 0 aromatic heterocycles. The van der Waals surface area contributed by atoms with Gasteiger partial charge >= 0.3 is 5.97 Å². The lowest BCUT2D eigenvalue weighted by Crippen LogP contribution is -2.74. The summed E-state index contributed by atoms with van der Waals surface area (Å²) < 4.78 is 25.8. The van der Waals surface area contributed by atoms with Crippen LogP contribution in [-0.2, 0) is 23.1 Å². The Kier molecular flexibility index (Phi) is 9.42. The second kappa shape index (κ2) is 11.6. The van der Waals surface area contributed by atoms with Crippen LogP contribution in [0.15, 0.2) is 60.7 Å². The number of benzene rings is 2. The van der Waals surface area contributed by atoms with Crippen molar-refractivity contribution in [1.29, 1.82) is 0 Å². The summed E-state index contributed by atoms with van der Waals surface area (Å²) in [5.74, 6) is -0.438. The van der Waals surface area contributed by atoms with E-state index < -0.39 is 46.5 Å². The molecule has 216 valence electrons. The molecule has 0 amide bonds. The molecule has 4 atom stereocenters. The molecule has 1 heterocycles. The minimum Gasteiger partial charge on any atom is -0.457 e. The summed E-state index contributed by atoms with van der Waals surface area (Å²) in [5, 5.41) is 14.1. The summed E-state index contributed by atoms with van der Waals surface area (Å²) in [6.07, 6.45) is -2.26. The first-order chi connectivity index (χ1) is 17.9. The Morgan fingerprint density at radius 3 is 1.85 bits per heavy atom. The highest BCUT2D eigenvalue weighted by atomic mass is 28.4. The Bertz CT molecular complexity index is 1050. The molecule has 1 N–H and O–H groups in total. The van der Waals surface area contributed by atoms with Crippen LogP contribution in [-0.4, -0.2) is 64.8 Å². The minimum absolute atomic E-state index is 0.0125. The van der Waals surface area contributed by atoms with Crippen LogP contribution in [0.1, 0.15) is 55.4 Å². The van der Waals surface area contributed by atoms with Gasteiger partial charge in [0.1, 0.15) is 17.8 Å². The second-order valence-corrected chi connectivity index (χ2v) is 22.5. The molecule has 0 bridgehead atoms. The Balaban J connectivity index is 2.13. The van der Waals surface area contributed by atoms with Crippen LogP contribution in [0.3, 0.4) is 0 Å². The summed E-state index contributed by atoms with van der Waals surface area (Å²) in [6.45, 7) is 20.9. The van der Waals surface area contributed by atoms with Gasteiger partial charge in [-0.1, -0.05) is 102 Å². The largest absolute Gasteiger partial charge is 0.457 e. The van der Waals surface area contributed by atoms with Gasteiger partial charge in [0, 0.05) is 6.92 Å². The van der Waals surface area contributed by atoms with Crippen molar-refractivity contribution in [1.82, 2.24) is 0 Å². The van der Waals surface area contributed by atoms with Gasteiger partial charge in [-0.25, -0.2) is 0 Å². The number of rotatable bonds is 8. The minimum atomic E-state index is -3.08. The van der Waals surface area contributed by atoms with Crippen molar-refractivity contribution in [3.8, 4) is 0 Å². The van der Waals surface area contributed by atoms with E-state index in [9.17, 15) is 9.90 Å². The first-order valence-electron chi connectivity index (χ1n) is 13.9. The zero-order chi connectivity index (χ0) is 29.3. The molecule has 6 nitrogen and oxygen atoms in total. The van der Waals surface area contributed by atoms with Crippen molar-refractivity contribution in [2.45, 2.75) is 102 Å². The fourth-order valence-electron chi connectivity index (χ4n) is 5.13. The van der Waals surface area contributed by atoms with E-state index >= 15 is 0 Å². The van der Waals surface area contributed by atoms with Gasteiger partial charge in [0.15, 0.2) is 14.4 Å². The zero-order valence-corrected chi connectivity index (χ0v) is 27.4. The third-order valence-corrected chi connectivity index (χ3v) is 18.0. The standard InChI is InChI=1S/C31H48O6Si2/c1-23(32)36-26-21-34-27(22-35-38(9,10)29(2,3)4)31(8,33)28(26)37-39(30(5,6)7,24-17-13-11-14-18-24)25-19-15-12-16-20-25/h11-20,26-28,33H,21-22H2,1-10H3/t26-,27-,28+,31+/m1/s1. The van der Waals surface area contributed by atoms with Gasteiger partial charge < -0.3 is 23.4 Å². The quantitative estimate of drug-likeness (QED) is 0.353. The number of carbonyl (C=O) groups excluding carboxylic acids is 1. The van der Waals surface area contributed by atoms with Crippen LogP contribution < -0.4 is 10.4 Å². The zero-order valence-electron chi connectivity index (χ0n) is 25.4. The van der Waals surface area contributed by atoms with E-state index in [2.05, 4.69) is 78.9 Å². The topological polar surface area (TPSA) is 74.2 Å². The second-order valence-electron chi connectivity index (χ2n) is 13.5. The van der Waals surface area contributed by atoms with Gasteiger partial charge in [0.25, 0.3) is 8.32 Å². The van der Waals surface area contributed by atoms with E-state index in [1.165, 1.54) is 6.92 Å². The fraction of sp³-hybridized carbons (Fsp3) is 0.581. The number of hydrogen-bond acceptors (Lipinski definition) is 6. The predicted octanol–water partition coefficient (Wildman–Crippen LogP) is 5.03. The van der Waals surface area contributed by atoms with Crippen molar-refractivity contribution in [3.05, 3.63) is 60.7 Å². The molecule has 1 aliphatic rings. The third-order valence-electron chi connectivity index (χ3n) is 8.47. The van der Waals surface area contributed by atoms with Crippen LogP contribution >= 0.6 is 0 Å². The summed E-state index contributed by atoms with van der Waals surface area (Å²) in [7, 11) is -5.18. The fourth-order valence-corrected chi connectivity index (χ4v) is 10.9. The lowest BCUT2D eigenvalue weighted by Gasteiger charge is -2.53. The molecule has 0 aliphatic carbocycles.